The summed E-state index contributed by atoms with van der Waals surface area (Å²) >= 11 is 3.21. The first-order chi connectivity index (χ1) is 11.0. The van der Waals surface area contributed by atoms with Crippen molar-refractivity contribution in [3.05, 3.63) is 35.2 Å². The van der Waals surface area contributed by atoms with E-state index in [1.54, 1.807) is 30.2 Å². The molecule has 0 bridgehead atoms. The highest BCUT2D eigenvalue weighted by molar-refractivity contribution is 7.33. The highest BCUT2D eigenvalue weighted by Crippen LogP contribution is 2.39. The quantitative estimate of drug-likeness (QED) is 0.670. The standard InChI is InChI=1S/C17H17NO3S2/c1-10(17(20)21-3)9-18(2)16(19)14-8-13-15(23-14)11-6-4-5-7-12(11)22-13/h4-8,10H,9H2,1-3H3/t10-/m0/s1. The van der Waals surface area contributed by atoms with Gasteiger partial charge < -0.3 is 9.64 Å². The third-order valence-electron chi connectivity index (χ3n) is 3.76. The number of amides is 1. The van der Waals surface area contributed by atoms with Gasteiger partial charge in [0.1, 0.15) is 0 Å². The van der Waals surface area contributed by atoms with Crippen molar-refractivity contribution in [2.45, 2.75) is 6.92 Å². The second kappa shape index (κ2) is 6.29. The Bertz CT molecular complexity index is 880. The monoisotopic (exact) mass is 347 g/mol. The predicted octanol–water partition coefficient (Wildman–Crippen LogP) is 4.00. The van der Waals surface area contributed by atoms with Crippen LogP contribution in [0.4, 0.5) is 0 Å². The molecule has 0 aliphatic heterocycles. The van der Waals surface area contributed by atoms with E-state index in [0.717, 1.165) is 9.40 Å². The molecule has 0 aliphatic carbocycles. The molecule has 4 nitrogen and oxygen atoms in total. The lowest BCUT2D eigenvalue weighted by molar-refractivity contribution is -0.145. The largest absolute Gasteiger partial charge is 0.469 e. The van der Waals surface area contributed by atoms with Gasteiger partial charge in [0.05, 0.1) is 22.6 Å². The Hall–Kier alpha value is -1.92. The van der Waals surface area contributed by atoms with Gasteiger partial charge >= 0.3 is 5.97 Å². The number of rotatable bonds is 4. The van der Waals surface area contributed by atoms with Gasteiger partial charge in [0.25, 0.3) is 5.91 Å². The maximum atomic E-state index is 12.6. The number of thiophene rings is 2. The summed E-state index contributed by atoms with van der Waals surface area (Å²) in [5.41, 5.74) is 0. The number of fused-ring (bicyclic) bond motifs is 3. The lowest BCUT2D eigenvalue weighted by atomic mass is 10.1. The molecule has 0 spiro atoms. The van der Waals surface area contributed by atoms with Gasteiger partial charge in [0.2, 0.25) is 0 Å². The minimum Gasteiger partial charge on any atom is -0.469 e. The number of carbonyl (C=O) groups is 2. The van der Waals surface area contributed by atoms with Crippen LogP contribution in [-0.2, 0) is 9.53 Å². The first-order valence-corrected chi connectivity index (χ1v) is 8.89. The number of hydrogen-bond acceptors (Lipinski definition) is 5. The second-order valence-electron chi connectivity index (χ2n) is 5.51. The molecular weight excluding hydrogens is 330 g/mol. The first-order valence-electron chi connectivity index (χ1n) is 7.25. The van der Waals surface area contributed by atoms with Crippen molar-refractivity contribution >= 4 is 54.0 Å². The molecule has 0 saturated heterocycles. The number of ether oxygens (including phenoxy) is 1. The van der Waals surface area contributed by atoms with E-state index in [-0.39, 0.29) is 17.8 Å². The van der Waals surface area contributed by atoms with Crippen molar-refractivity contribution in [2.75, 3.05) is 20.7 Å². The van der Waals surface area contributed by atoms with Gasteiger partial charge in [0, 0.05) is 28.4 Å². The van der Waals surface area contributed by atoms with Gasteiger partial charge in [-0.3, -0.25) is 9.59 Å². The summed E-state index contributed by atoms with van der Waals surface area (Å²) in [5, 5.41) is 1.20. The number of hydrogen-bond donors (Lipinski definition) is 0. The van der Waals surface area contributed by atoms with Crippen LogP contribution in [0.5, 0.6) is 0 Å². The van der Waals surface area contributed by atoms with Gasteiger partial charge in [-0.1, -0.05) is 25.1 Å². The Kier molecular flexibility index (Phi) is 4.37. The van der Waals surface area contributed by atoms with Crippen LogP contribution in [0.15, 0.2) is 30.3 Å². The molecule has 6 heteroatoms. The molecule has 0 saturated carbocycles. The molecule has 0 radical (unpaired) electrons. The van der Waals surface area contributed by atoms with Crippen LogP contribution < -0.4 is 0 Å². The molecule has 0 unspecified atom stereocenters. The SMILES string of the molecule is COC(=O)[C@@H](C)CN(C)C(=O)c1cc2sc3ccccc3c2s1. The van der Waals surface area contributed by atoms with E-state index in [0.29, 0.717) is 11.4 Å². The van der Waals surface area contributed by atoms with Crippen molar-refractivity contribution in [3.63, 3.8) is 0 Å². The number of carbonyl (C=O) groups excluding carboxylic acids is 2. The molecule has 23 heavy (non-hydrogen) atoms. The Morgan fingerprint density at radius 2 is 1.96 bits per heavy atom. The predicted molar refractivity (Wildman–Crippen MR) is 95.3 cm³/mol. The van der Waals surface area contributed by atoms with Crippen LogP contribution in [0.1, 0.15) is 16.6 Å². The van der Waals surface area contributed by atoms with Gasteiger partial charge in [-0.2, -0.15) is 0 Å². The molecule has 0 fully saturated rings. The molecule has 0 N–H and O–H groups in total. The summed E-state index contributed by atoms with van der Waals surface area (Å²) in [4.78, 5) is 26.4. The second-order valence-corrected chi connectivity index (χ2v) is 7.65. The third kappa shape index (κ3) is 2.96. The fourth-order valence-corrected chi connectivity index (χ4v) is 5.08. The van der Waals surface area contributed by atoms with Crippen LogP contribution in [0.3, 0.4) is 0 Å². The molecule has 1 amide bonds. The van der Waals surface area contributed by atoms with E-state index >= 15 is 0 Å². The average Bonchev–Trinajstić information content (AvgIpc) is 3.10. The molecule has 1 atom stereocenters. The number of benzene rings is 1. The van der Waals surface area contributed by atoms with Crippen LogP contribution in [0.2, 0.25) is 0 Å². The fourth-order valence-electron chi connectivity index (χ4n) is 2.56. The summed E-state index contributed by atoms with van der Waals surface area (Å²) in [6.45, 7) is 2.11. The normalized spacial score (nSPS) is 12.5. The van der Waals surface area contributed by atoms with Gasteiger partial charge in [-0.05, 0) is 12.1 Å². The van der Waals surface area contributed by atoms with Crippen molar-refractivity contribution < 1.29 is 14.3 Å². The maximum Gasteiger partial charge on any atom is 0.310 e. The first kappa shape index (κ1) is 16.0. The van der Waals surface area contributed by atoms with E-state index < -0.39 is 0 Å². The molecule has 3 rings (SSSR count). The van der Waals surface area contributed by atoms with Crippen LogP contribution in [0.25, 0.3) is 19.5 Å². The minimum absolute atomic E-state index is 0.0572. The minimum atomic E-state index is -0.337. The van der Waals surface area contributed by atoms with E-state index in [2.05, 4.69) is 12.1 Å². The molecule has 1 aromatic carbocycles. The number of nitrogens with zero attached hydrogens (tertiary/aromatic N) is 1. The molecule has 2 heterocycles. The molecule has 3 aromatic rings. The molecule has 120 valence electrons. The lowest BCUT2D eigenvalue weighted by Crippen LogP contribution is -2.33. The van der Waals surface area contributed by atoms with E-state index in [1.807, 2.05) is 18.2 Å². The Balaban J connectivity index is 1.84. The topological polar surface area (TPSA) is 46.6 Å². The van der Waals surface area contributed by atoms with Gasteiger partial charge in [0.15, 0.2) is 0 Å². The third-order valence-corrected chi connectivity index (χ3v) is 6.16. The summed E-state index contributed by atoms with van der Waals surface area (Å²) in [6, 6.07) is 10.2. The number of esters is 1. The Morgan fingerprint density at radius 3 is 2.70 bits per heavy atom. The van der Waals surface area contributed by atoms with Crippen LogP contribution in [0, 0.1) is 5.92 Å². The summed E-state index contributed by atoms with van der Waals surface area (Å²) in [7, 11) is 3.08. The van der Waals surface area contributed by atoms with E-state index in [1.165, 1.54) is 28.5 Å². The summed E-state index contributed by atoms with van der Waals surface area (Å²) in [6.07, 6.45) is 0. The Morgan fingerprint density at radius 1 is 1.22 bits per heavy atom. The highest BCUT2D eigenvalue weighted by atomic mass is 32.1. The summed E-state index contributed by atoms with van der Waals surface area (Å²) in [5.74, 6) is -0.697. The van der Waals surface area contributed by atoms with Crippen molar-refractivity contribution in [2.24, 2.45) is 5.92 Å². The maximum absolute atomic E-state index is 12.6. The Labute approximate surface area is 142 Å². The zero-order valence-corrected chi connectivity index (χ0v) is 14.8. The average molecular weight is 347 g/mol. The van der Waals surface area contributed by atoms with E-state index in [4.69, 9.17) is 4.74 Å². The van der Waals surface area contributed by atoms with Crippen molar-refractivity contribution in [3.8, 4) is 0 Å². The van der Waals surface area contributed by atoms with Crippen LogP contribution in [-0.4, -0.2) is 37.5 Å². The fraction of sp³-hybridized carbons (Fsp3) is 0.294. The number of methoxy groups -OCH3 is 1. The smallest absolute Gasteiger partial charge is 0.310 e. The van der Waals surface area contributed by atoms with Crippen molar-refractivity contribution in [1.82, 2.24) is 4.90 Å². The molecular formula is C17H17NO3S2. The zero-order valence-electron chi connectivity index (χ0n) is 13.2. The molecule has 0 aliphatic rings. The van der Waals surface area contributed by atoms with Crippen LogP contribution >= 0.6 is 22.7 Å². The summed E-state index contributed by atoms with van der Waals surface area (Å²) < 4.78 is 8.24. The lowest BCUT2D eigenvalue weighted by Gasteiger charge is -2.19. The van der Waals surface area contributed by atoms with Gasteiger partial charge in [-0.25, -0.2) is 0 Å². The molecule has 2 aromatic heterocycles. The van der Waals surface area contributed by atoms with Gasteiger partial charge in [-0.15, -0.1) is 22.7 Å². The van der Waals surface area contributed by atoms with Crippen molar-refractivity contribution in [1.29, 1.82) is 0 Å². The van der Waals surface area contributed by atoms with E-state index in [9.17, 15) is 9.59 Å². The zero-order chi connectivity index (χ0) is 16.6. The highest BCUT2D eigenvalue weighted by Gasteiger charge is 2.21.